The van der Waals surface area contributed by atoms with E-state index >= 15 is 0 Å². The molecule has 0 amide bonds. The molecule has 0 heterocycles. The van der Waals surface area contributed by atoms with Gasteiger partial charge in [0.25, 0.3) is 0 Å². The van der Waals surface area contributed by atoms with Gasteiger partial charge in [0, 0.05) is 0 Å². The molecule has 0 aliphatic heterocycles. The van der Waals surface area contributed by atoms with Crippen molar-refractivity contribution in [3.8, 4) is 0 Å². The van der Waals surface area contributed by atoms with Gasteiger partial charge in [0.1, 0.15) is 6.10 Å². The van der Waals surface area contributed by atoms with Crippen molar-refractivity contribution in [1.82, 2.24) is 0 Å². The van der Waals surface area contributed by atoms with Gasteiger partial charge in [-0.25, -0.2) is 4.89 Å². The van der Waals surface area contributed by atoms with Crippen molar-refractivity contribution in [3.05, 3.63) is 0 Å². The maximum atomic E-state index is 9.08. The van der Waals surface area contributed by atoms with Crippen LogP contribution in [0.15, 0.2) is 0 Å². The number of hydrogen-bond donors (Lipinski definition) is 2. The second-order valence-corrected chi connectivity index (χ2v) is 2.50. The van der Waals surface area contributed by atoms with E-state index in [1.54, 1.807) is 0 Å². The summed E-state index contributed by atoms with van der Waals surface area (Å²) in [6, 6.07) is 0. The molecule has 0 saturated heterocycles. The number of aliphatic hydroxyl groups is 1. The molecule has 3 nitrogen and oxygen atoms in total. The topological polar surface area (TPSA) is 49.7 Å². The summed E-state index contributed by atoms with van der Waals surface area (Å²) in [6.07, 6.45) is 2.83. The van der Waals surface area contributed by atoms with E-state index in [0.717, 1.165) is 25.7 Å². The summed E-state index contributed by atoms with van der Waals surface area (Å²) in [4.78, 5) is 4.05. The summed E-state index contributed by atoms with van der Waals surface area (Å²) in [7, 11) is 0. The highest BCUT2D eigenvalue weighted by Crippen LogP contribution is 2.19. The first-order valence-electron chi connectivity index (χ1n) is 3.33. The standard InChI is InChI=1S/C6H12O3/c7-5-3-1-2-4-6(5)9-8/h5-8H,1-4H2/t5-,6+/m0/s1. The Morgan fingerprint density at radius 2 is 1.89 bits per heavy atom. The monoisotopic (exact) mass is 132 g/mol. The Balaban J connectivity index is 2.30. The van der Waals surface area contributed by atoms with Crippen LogP contribution >= 0.6 is 0 Å². The van der Waals surface area contributed by atoms with Crippen molar-refractivity contribution in [1.29, 1.82) is 0 Å². The molecule has 0 spiro atoms. The predicted molar refractivity (Wildman–Crippen MR) is 32.0 cm³/mol. The zero-order chi connectivity index (χ0) is 6.69. The van der Waals surface area contributed by atoms with Crippen molar-refractivity contribution in [2.75, 3.05) is 0 Å². The second kappa shape index (κ2) is 3.15. The molecule has 2 atom stereocenters. The van der Waals surface area contributed by atoms with Crippen LogP contribution in [0.5, 0.6) is 0 Å². The van der Waals surface area contributed by atoms with Crippen LogP contribution in [0.25, 0.3) is 0 Å². The first kappa shape index (κ1) is 6.99. The van der Waals surface area contributed by atoms with Crippen molar-refractivity contribution in [3.63, 3.8) is 0 Å². The van der Waals surface area contributed by atoms with Gasteiger partial charge < -0.3 is 5.11 Å². The van der Waals surface area contributed by atoms with E-state index in [9.17, 15) is 0 Å². The predicted octanol–water partition coefficient (Wildman–Crippen LogP) is 0.780. The Bertz CT molecular complexity index is 84.4. The molecule has 1 fully saturated rings. The molecule has 0 aromatic carbocycles. The fourth-order valence-electron chi connectivity index (χ4n) is 1.20. The van der Waals surface area contributed by atoms with Gasteiger partial charge in [-0.05, 0) is 12.8 Å². The lowest BCUT2D eigenvalue weighted by molar-refractivity contribution is -0.301. The van der Waals surface area contributed by atoms with E-state index in [1.807, 2.05) is 0 Å². The van der Waals surface area contributed by atoms with E-state index in [0.29, 0.717) is 0 Å². The lowest BCUT2D eigenvalue weighted by Gasteiger charge is -2.23. The fourth-order valence-corrected chi connectivity index (χ4v) is 1.20. The summed E-state index contributed by atoms with van der Waals surface area (Å²) >= 11 is 0. The van der Waals surface area contributed by atoms with Crippen LogP contribution in [-0.2, 0) is 4.89 Å². The van der Waals surface area contributed by atoms with E-state index in [-0.39, 0.29) is 6.10 Å². The summed E-state index contributed by atoms with van der Waals surface area (Å²) in [5.41, 5.74) is 0. The summed E-state index contributed by atoms with van der Waals surface area (Å²) < 4.78 is 0. The molecule has 0 unspecified atom stereocenters. The van der Waals surface area contributed by atoms with Crippen LogP contribution < -0.4 is 0 Å². The molecule has 1 rings (SSSR count). The Morgan fingerprint density at radius 1 is 1.22 bits per heavy atom. The number of hydrogen-bond acceptors (Lipinski definition) is 3. The minimum Gasteiger partial charge on any atom is -0.390 e. The first-order valence-corrected chi connectivity index (χ1v) is 3.33. The summed E-state index contributed by atoms with van der Waals surface area (Å²) in [5, 5.41) is 17.3. The molecule has 9 heavy (non-hydrogen) atoms. The smallest absolute Gasteiger partial charge is 0.118 e. The van der Waals surface area contributed by atoms with Crippen LogP contribution in [0.2, 0.25) is 0 Å². The van der Waals surface area contributed by atoms with Gasteiger partial charge in [0.05, 0.1) is 6.10 Å². The number of aliphatic hydroxyl groups excluding tert-OH is 1. The zero-order valence-corrected chi connectivity index (χ0v) is 5.29. The fraction of sp³-hybridized carbons (Fsp3) is 1.00. The Hall–Kier alpha value is -0.120. The summed E-state index contributed by atoms with van der Waals surface area (Å²) in [6.45, 7) is 0. The molecule has 3 heteroatoms. The lowest BCUT2D eigenvalue weighted by Crippen LogP contribution is -2.31. The molecule has 0 radical (unpaired) electrons. The molecule has 0 aromatic rings. The third kappa shape index (κ3) is 1.64. The molecular formula is C6H12O3. The Kier molecular flexibility index (Phi) is 2.45. The van der Waals surface area contributed by atoms with Gasteiger partial charge in [-0.2, -0.15) is 0 Å². The molecule has 1 aliphatic carbocycles. The van der Waals surface area contributed by atoms with Gasteiger partial charge in [0.15, 0.2) is 0 Å². The lowest BCUT2D eigenvalue weighted by atomic mass is 9.95. The van der Waals surface area contributed by atoms with Crippen LogP contribution in [0.4, 0.5) is 0 Å². The highest BCUT2D eigenvalue weighted by atomic mass is 17.1. The maximum absolute atomic E-state index is 9.08. The third-order valence-corrected chi connectivity index (χ3v) is 1.80. The van der Waals surface area contributed by atoms with E-state index in [2.05, 4.69) is 4.89 Å². The van der Waals surface area contributed by atoms with Crippen LogP contribution in [0.1, 0.15) is 25.7 Å². The average Bonchev–Trinajstić information content (AvgIpc) is 1.89. The first-order chi connectivity index (χ1) is 4.34. The quantitative estimate of drug-likeness (QED) is 0.409. The van der Waals surface area contributed by atoms with Crippen LogP contribution in [0.3, 0.4) is 0 Å². The SMILES string of the molecule is OO[C@@H]1CCCC[C@@H]1O. The van der Waals surface area contributed by atoms with E-state index < -0.39 is 6.10 Å². The Labute approximate surface area is 54.2 Å². The second-order valence-electron chi connectivity index (χ2n) is 2.50. The van der Waals surface area contributed by atoms with Crippen molar-refractivity contribution < 1.29 is 15.3 Å². The van der Waals surface area contributed by atoms with Gasteiger partial charge >= 0.3 is 0 Å². The van der Waals surface area contributed by atoms with E-state index in [4.69, 9.17) is 10.4 Å². The largest absolute Gasteiger partial charge is 0.390 e. The van der Waals surface area contributed by atoms with E-state index in [1.165, 1.54) is 0 Å². The van der Waals surface area contributed by atoms with Gasteiger partial charge in [-0.15, -0.1) is 0 Å². The normalized spacial score (nSPS) is 36.7. The summed E-state index contributed by atoms with van der Waals surface area (Å²) in [5.74, 6) is 0. The highest BCUT2D eigenvalue weighted by molar-refractivity contribution is 4.73. The van der Waals surface area contributed by atoms with Gasteiger partial charge in [-0.3, -0.25) is 5.26 Å². The maximum Gasteiger partial charge on any atom is 0.118 e. The van der Waals surface area contributed by atoms with Gasteiger partial charge in [0.2, 0.25) is 0 Å². The van der Waals surface area contributed by atoms with Crippen LogP contribution in [0, 0.1) is 0 Å². The molecule has 2 N–H and O–H groups in total. The molecule has 0 bridgehead atoms. The third-order valence-electron chi connectivity index (χ3n) is 1.80. The molecule has 1 aliphatic rings. The Morgan fingerprint density at radius 3 is 2.33 bits per heavy atom. The molecular weight excluding hydrogens is 120 g/mol. The number of rotatable bonds is 1. The van der Waals surface area contributed by atoms with Crippen molar-refractivity contribution in [2.45, 2.75) is 37.9 Å². The van der Waals surface area contributed by atoms with Crippen molar-refractivity contribution >= 4 is 0 Å². The van der Waals surface area contributed by atoms with Gasteiger partial charge in [-0.1, -0.05) is 12.8 Å². The molecule has 1 saturated carbocycles. The minimum absolute atomic E-state index is 0.334. The average molecular weight is 132 g/mol. The molecule has 0 aromatic heterocycles. The van der Waals surface area contributed by atoms with Crippen molar-refractivity contribution in [2.24, 2.45) is 0 Å². The molecule has 54 valence electrons. The zero-order valence-electron chi connectivity index (χ0n) is 5.29. The highest BCUT2D eigenvalue weighted by Gasteiger charge is 2.23. The van der Waals surface area contributed by atoms with Crippen LogP contribution in [-0.4, -0.2) is 22.6 Å². The minimum atomic E-state index is -0.455.